The summed E-state index contributed by atoms with van der Waals surface area (Å²) < 4.78 is 11.0. The van der Waals surface area contributed by atoms with Crippen molar-refractivity contribution in [3.8, 4) is 5.75 Å². The van der Waals surface area contributed by atoms with E-state index in [2.05, 4.69) is 20.7 Å². The molecule has 2 aromatic carbocycles. The number of fused-ring (bicyclic) bond motifs is 1. The molecule has 4 nitrogen and oxygen atoms in total. The molecule has 0 bridgehead atoms. The Kier molecular flexibility index (Phi) is 4.30. The Labute approximate surface area is 125 Å². The number of carbonyl (C=O) groups is 1. The van der Waals surface area contributed by atoms with Gasteiger partial charge in [-0.25, -0.2) is 4.79 Å². The highest BCUT2D eigenvalue weighted by atomic mass is 79.9. The van der Waals surface area contributed by atoms with Crippen LogP contribution in [-0.2, 0) is 9.53 Å². The van der Waals surface area contributed by atoms with Gasteiger partial charge in [0.05, 0.1) is 7.11 Å². The maximum Gasteiger partial charge on any atom is 0.341 e. The fraction of sp³-hybridized carbons (Fsp3) is 0.267. The van der Waals surface area contributed by atoms with E-state index in [-0.39, 0.29) is 6.61 Å². The van der Waals surface area contributed by atoms with Crippen molar-refractivity contribution in [2.24, 2.45) is 0 Å². The zero-order valence-electron chi connectivity index (χ0n) is 11.2. The van der Waals surface area contributed by atoms with Gasteiger partial charge in [0.1, 0.15) is 12.4 Å². The fourth-order valence-corrected chi connectivity index (χ4v) is 2.17. The lowest BCUT2D eigenvalue weighted by Gasteiger charge is -2.20. The van der Waals surface area contributed by atoms with E-state index in [1.54, 1.807) is 6.07 Å². The standard InChI is InChI=1S/C15H15BrO4/c1-15(18,14(17)19-2)9-20-13-6-4-10-7-12(16)5-3-11(10)8-13/h3-8,18H,9H2,1-2H3. The Balaban J connectivity index is 2.14. The van der Waals surface area contributed by atoms with Gasteiger partial charge >= 0.3 is 5.97 Å². The molecule has 2 rings (SSSR count). The van der Waals surface area contributed by atoms with Crippen molar-refractivity contribution >= 4 is 32.7 Å². The molecule has 106 valence electrons. The van der Waals surface area contributed by atoms with E-state index in [1.165, 1.54) is 14.0 Å². The smallest absolute Gasteiger partial charge is 0.341 e. The SMILES string of the molecule is COC(=O)C(C)(O)COc1ccc2cc(Br)ccc2c1. The number of hydrogen-bond donors (Lipinski definition) is 1. The minimum Gasteiger partial charge on any atom is -0.490 e. The van der Waals surface area contributed by atoms with Gasteiger partial charge in [-0.05, 0) is 42.0 Å². The molecule has 1 unspecified atom stereocenters. The van der Waals surface area contributed by atoms with Crippen LogP contribution in [0.1, 0.15) is 6.92 Å². The van der Waals surface area contributed by atoms with Crippen LogP contribution in [0.25, 0.3) is 10.8 Å². The molecule has 2 aromatic rings. The lowest BCUT2D eigenvalue weighted by molar-refractivity contribution is -0.163. The van der Waals surface area contributed by atoms with Crippen LogP contribution in [0.5, 0.6) is 5.75 Å². The first-order chi connectivity index (χ1) is 9.42. The second-order valence-electron chi connectivity index (χ2n) is 4.71. The predicted molar refractivity (Wildman–Crippen MR) is 79.8 cm³/mol. The first-order valence-electron chi connectivity index (χ1n) is 6.05. The maximum atomic E-state index is 11.3. The lowest BCUT2D eigenvalue weighted by Crippen LogP contribution is -2.42. The Bertz CT molecular complexity index is 637. The van der Waals surface area contributed by atoms with Crippen LogP contribution in [0.3, 0.4) is 0 Å². The number of carbonyl (C=O) groups excluding carboxylic acids is 1. The number of esters is 1. The highest BCUT2D eigenvalue weighted by Crippen LogP contribution is 2.24. The van der Waals surface area contributed by atoms with Gasteiger partial charge in [-0.15, -0.1) is 0 Å². The van der Waals surface area contributed by atoms with Crippen LogP contribution < -0.4 is 4.74 Å². The van der Waals surface area contributed by atoms with Crippen LogP contribution in [0, 0.1) is 0 Å². The third-order valence-corrected chi connectivity index (χ3v) is 3.41. The van der Waals surface area contributed by atoms with Crippen LogP contribution in [-0.4, -0.2) is 30.4 Å². The van der Waals surface area contributed by atoms with E-state index in [9.17, 15) is 9.90 Å². The van der Waals surface area contributed by atoms with E-state index < -0.39 is 11.6 Å². The van der Waals surface area contributed by atoms with Crippen LogP contribution in [0.2, 0.25) is 0 Å². The summed E-state index contributed by atoms with van der Waals surface area (Å²) in [5.41, 5.74) is -1.66. The summed E-state index contributed by atoms with van der Waals surface area (Å²) in [6.45, 7) is 1.19. The minimum atomic E-state index is -1.66. The van der Waals surface area contributed by atoms with Crippen molar-refractivity contribution in [2.45, 2.75) is 12.5 Å². The molecule has 0 aromatic heterocycles. The monoisotopic (exact) mass is 338 g/mol. The van der Waals surface area contributed by atoms with Crippen molar-refractivity contribution in [3.05, 3.63) is 40.9 Å². The summed E-state index contributed by atoms with van der Waals surface area (Å²) in [5, 5.41) is 12.0. The highest BCUT2D eigenvalue weighted by Gasteiger charge is 2.32. The van der Waals surface area contributed by atoms with Crippen LogP contribution >= 0.6 is 15.9 Å². The Morgan fingerprint density at radius 1 is 1.25 bits per heavy atom. The van der Waals surface area contributed by atoms with Crippen molar-refractivity contribution in [3.63, 3.8) is 0 Å². The maximum absolute atomic E-state index is 11.3. The van der Waals surface area contributed by atoms with Crippen LogP contribution in [0.15, 0.2) is 40.9 Å². The number of ether oxygens (including phenoxy) is 2. The summed E-state index contributed by atoms with van der Waals surface area (Å²) >= 11 is 3.42. The quantitative estimate of drug-likeness (QED) is 0.871. The molecule has 0 radical (unpaired) electrons. The topological polar surface area (TPSA) is 55.8 Å². The first kappa shape index (κ1) is 14.8. The molecule has 0 aliphatic carbocycles. The number of halogens is 1. The van der Waals surface area contributed by atoms with Gasteiger partial charge in [-0.1, -0.05) is 28.1 Å². The lowest BCUT2D eigenvalue weighted by atomic mass is 10.1. The van der Waals surface area contributed by atoms with Crippen LogP contribution in [0.4, 0.5) is 0 Å². The van der Waals surface area contributed by atoms with Gasteiger partial charge in [-0.3, -0.25) is 0 Å². The number of hydrogen-bond acceptors (Lipinski definition) is 4. The molecule has 1 N–H and O–H groups in total. The van der Waals surface area contributed by atoms with Crippen molar-refractivity contribution in [2.75, 3.05) is 13.7 Å². The summed E-state index contributed by atoms with van der Waals surface area (Å²) in [6.07, 6.45) is 0. The molecule has 1 atom stereocenters. The summed E-state index contributed by atoms with van der Waals surface area (Å²) in [4.78, 5) is 11.3. The summed E-state index contributed by atoms with van der Waals surface area (Å²) in [7, 11) is 1.23. The minimum absolute atomic E-state index is 0.165. The van der Waals surface area contributed by atoms with Crippen molar-refractivity contribution in [1.82, 2.24) is 0 Å². The highest BCUT2D eigenvalue weighted by molar-refractivity contribution is 9.10. The summed E-state index contributed by atoms with van der Waals surface area (Å²) in [5.74, 6) is -0.133. The third-order valence-electron chi connectivity index (χ3n) is 2.92. The molecule has 0 amide bonds. The molecule has 0 saturated carbocycles. The number of methoxy groups -OCH3 is 1. The van der Waals surface area contributed by atoms with E-state index >= 15 is 0 Å². The molecule has 0 aliphatic rings. The normalized spacial score (nSPS) is 13.8. The van der Waals surface area contributed by atoms with Crippen molar-refractivity contribution in [1.29, 1.82) is 0 Å². The Morgan fingerprint density at radius 2 is 1.90 bits per heavy atom. The van der Waals surface area contributed by atoms with E-state index in [0.717, 1.165) is 15.2 Å². The molecule has 0 fully saturated rings. The molecule has 0 spiro atoms. The van der Waals surface area contributed by atoms with Gasteiger partial charge in [0.25, 0.3) is 0 Å². The second-order valence-corrected chi connectivity index (χ2v) is 5.62. The molecule has 0 heterocycles. The number of benzene rings is 2. The van der Waals surface area contributed by atoms with E-state index in [0.29, 0.717) is 5.75 Å². The molecule has 0 saturated heterocycles. The second kappa shape index (κ2) is 5.81. The fourth-order valence-electron chi connectivity index (χ4n) is 1.79. The van der Waals surface area contributed by atoms with Crippen molar-refractivity contribution < 1.29 is 19.4 Å². The van der Waals surface area contributed by atoms with Gasteiger partial charge in [0, 0.05) is 4.47 Å². The van der Waals surface area contributed by atoms with E-state index in [1.807, 2.05) is 30.3 Å². The van der Waals surface area contributed by atoms with Gasteiger partial charge in [-0.2, -0.15) is 0 Å². The average Bonchev–Trinajstić information content (AvgIpc) is 2.44. The number of aliphatic hydroxyl groups is 1. The Morgan fingerprint density at radius 3 is 2.60 bits per heavy atom. The van der Waals surface area contributed by atoms with Gasteiger partial charge in [0.15, 0.2) is 5.60 Å². The number of rotatable bonds is 4. The van der Waals surface area contributed by atoms with E-state index in [4.69, 9.17) is 4.74 Å². The third kappa shape index (κ3) is 3.29. The molecule has 5 heteroatoms. The van der Waals surface area contributed by atoms with Gasteiger partial charge < -0.3 is 14.6 Å². The Hall–Kier alpha value is -1.59. The molecule has 0 aliphatic heterocycles. The first-order valence-corrected chi connectivity index (χ1v) is 6.84. The largest absolute Gasteiger partial charge is 0.490 e. The molecule has 20 heavy (non-hydrogen) atoms. The molecular formula is C15H15BrO4. The summed E-state index contributed by atoms with van der Waals surface area (Å²) in [6, 6.07) is 11.5. The van der Waals surface area contributed by atoms with Gasteiger partial charge in [0.2, 0.25) is 0 Å². The zero-order valence-corrected chi connectivity index (χ0v) is 12.8. The molecular weight excluding hydrogens is 324 g/mol. The average molecular weight is 339 g/mol. The zero-order chi connectivity index (χ0) is 14.8. The predicted octanol–water partition coefficient (Wildman–Crippen LogP) is 2.91.